The molecule has 1 aliphatic rings. The number of hydrogen-bond donors (Lipinski definition) is 1. The maximum absolute atomic E-state index is 11.3. The zero-order valence-electron chi connectivity index (χ0n) is 8.32. The number of nitrogens with two attached hydrogens (primary N) is 1. The van der Waals surface area contributed by atoms with Gasteiger partial charge in [0.15, 0.2) is 0 Å². The van der Waals surface area contributed by atoms with E-state index in [2.05, 4.69) is 4.90 Å². The summed E-state index contributed by atoms with van der Waals surface area (Å²) >= 11 is 0. The third-order valence-corrected chi connectivity index (χ3v) is 2.69. The topological polar surface area (TPSA) is 55.6 Å². The van der Waals surface area contributed by atoms with Gasteiger partial charge in [0.25, 0.3) is 0 Å². The lowest BCUT2D eigenvalue weighted by molar-refractivity contribution is -0.146. The van der Waals surface area contributed by atoms with Gasteiger partial charge >= 0.3 is 5.97 Å². The molecule has 0 aromatic heterocycles. The van der Waals surface area contributed by atoms with E-state index in [-0.39, 0.29) is 17.9 Å². The fourth-order valence-corrected chi connectivity index (χ4v) is 1.70. The number of methoxy groups -OCH3 is 1. The highest BCUT2D eigenvalue weighted by Crippen LogP contribution is 2.16. The zero-order chi connectivity index (χ0) is 9.84. The summed E-state index contributed by atoms with van der Waals surface area (Å²) in [4.78, 5) is 13.5. The van der Waals surface area contributed by atoms with Crippen LogP contribution in [-0.4, -0.2) is 44.2 Å². The van der Waals surface area contributed by atoms with Gasteiger partial charge in [-0.3, -0.25) is 4.79 Å². The smallest absolute Gasteiger partial charge is 0.310 e. The van der Waals surface area contributed by atoms with E-state index < -0.39 is 0 Å². The monoisotopic (exact) mass is 186 g/mol. The van der Waals surface area contributed by atoms with Gasteiger partial charge in [-0.15, -0.1) is 0 Å². The predicted octanol–water partition coefficient (Wildman–Crippen LogP) is -0.171. The molecule has 76 valence electrons. The molecule has 0 aromatic rings. The molecule has 0 spiro atoms. The quantitative estimate of drug-likeness (QED) is 0.578. The second-order valence-electron chi connectivity index (χ2n) is 3.67. The van der Waals surface area contributed by atoms with E-state index >= 15 is 0 Å². The van der Waals surface area contributed by atoms with Gasteiger partial charge in [-0.25, -0.2) is 0 Å². The Morgan fingerprint density at radius 3 is 2.69 bits per heavy atom. The van der Waals surface area contributed by atoms with Crippen LogP contribution in [0.5, 0.6) is 0 Å². The van der Waals surface area contributed by atoms with Gasteiger partial charge in [-0.05, 0) is 33.0 Å². The molecule has 4 nitrogen and oxygen atoms in total. The molecular formula is C9H18N2O2. The van der Waals surface area contributed by atoms with E-state index in [0.717, 1.165) is 25.9 Å². The highest BCUT2D eigenvalue weighted by molar-refractivity contribution is 5.73. The Morgan fingerprint density at radius 1 is 1.46 bits per heavy atom. The van der Waals surface area contributed by atoms with Crippen molar-refractivity contribution >= 4 is 5.97 Å². The van der Waals surface area contributed by atoms with Crippen molar-refractivity contribution in [3.8, 4) is 0 Å². The van der Waals surface area contributed by atoms with E-state index in [0.29, 0.717) is 0 Å². The molecule has 1 saturated heterocycles. The van der Waals surface area contributed by atoms with Crippen LogP contribution >= 0.6 is 0 Å². The summed E-state index contributed by atoms with van der Waals surface area (Å²) in [6, 6.07) is -0.0441. The molecule has 1 aliphatic heterocycles. The van der Waals surface area contributed by atoms with Gasteiger partial charge in [0.05, 0.1) is 13.0 Å². The van der Waals surface area contributed by atoms with Crippen LogP contribution in [0.15, 0.2) is 0 Å². The Kier molecular flexibility index (Phi) is 3.69. The van der Waals surface area contributed by atoms with Crippen molar-refractivity contribution in [1.29, 1.82) is 0 Å². The van der Waals surface area contributed by atoms with Crippen molar-refractivity contribution in [1.82, 2.24) is 4.90 Å². The van der Waals surface area contributed by atoms with Crippen LogP contribution in [0.3, 0.4) is 0 Å². The second kappa shape index (κ2) is 4.58. The first-order valence-corrected chi connectivity index (χ1v) is 4.67. The Morgan fingerprint density at radius 2 is 2.08 bits per heavy atom. The summed E-state index contributed by atoms with van der Waals surface area (Å²) in [5.74, 6) is -0.280. The minimum absolute atomic E-state index is 0.0441. The molecule has 0 bridgehead atoms. The van der Waals surface area contributed by atoms with Crippen molar-refractivity contribution in [2.24, 2.45) is 11.7 Å². The zero-order valence-corrected chi connectivity index (χ0v) is 8.32. The number of nitrogens with zero attached hydrogens (tertiary/aromatic N) is 1. The van der Waals surface area contributed by atoms with Gasteiger partial charge in [0.1, 0.15) is 0 Å². The average Bonchev–Trinajstić information content (AvgIpc) is 2.28. The average molecular weight is 186 g/mol. The number of carbonyl (C=O) groups excluding carboxylic acids is 1. The number of rotatable bonds is 1. The highest BCUT2D eigenvalue weighted by atomic mass is 16.5. The van der Waals surface area contributed by atoms with Crippen LogP contribution in [0.2, 0.25) is 0 Å². The summed E-state index contributed by atoms with van der Waals surface area (Å²) in [5, 5.41) is 0. The molecule has 13 heavy (non-hydrogen) atoms. The standard InChI is InChI=1S/C9H18N2O2/c1-11-5-3-7(9(12)13-2)8(10)4-6-11/h7-8H,3-6,10H2,1-2H3/t7-,8-/m0/s1. The van der Waals surface area contributed by atoms with Crippen molar-refractivity contribution in [2.45, 2.75) is 18.9 Å². The van der Waals surface area contributed by atoms with E-state index in [1.807, 2.05) is 7.05 Å². The molecule has 1 rings (SSSR count). The van der Waals surface area contributed by atoms with Crippen molar-refractivity contribution in [3.63, 3.8) is 0 Å². The Hall–Kier alpha value is -0.610. The first-order chi connectivity index (χ1) is 6.15. The van der Waals surface area contributed by atoms with E-state index in [9.17, 15) is 4.79 Å². The van der Waals surface area contributed by atoms with Crippen LogP contribution in [0, 0.1) is 5.92 Å². The number of esters is 1. The molecular weight excluding hydrogens is 168 g/mol. The van der Waals surface area contributed by atoms with Crippen LogP contribution in [0.25, 0.3) is 0 Å². The van der Waals surface area contributed by atoms with Crippen LogP contribution in [-0.2, 0) is 9.53 Å². The summed E-state index contributed by atoms with van der Waals surface area (Å²) < 4.78 is 4.71. The molecule has 0 aliphatic carbocycles. The summed E-state index contributed by atoms with van der Waals surface area (Å²) in [7, 11) is 3.47. The summed E-state index contributed by atoms with van der Waals surface area (Å²) in [5.41, 5.74) is 5.89. The van der Waals surface area contributed by atoms with Gasteiger partial charge in [0.2, 0.25) is 0 Å². The number of likely N-dealkylation sites (tertiary alicyclic amines) is 1. The fraction of sp³-hybridized carbons (Fsp3) is 0.889. The third-order valence-electron chi connectivity index (χ3n) is 2.69. The van der Waals surface area contributed by atoms with E-state index in [4.69, 9.17) is 10.5 Å². The number of hydrogen-bond acceptors (Lipinski definition) is 4. The highest BCUT2D eigenvalue weighted by Gasteiger charge is 2.28. The Bertz CT molecular complexity index is 184. The molecule has 0 aromatic carbocycles. The molecule has 2 atom stereocenters. The van der Waals surface area contributed by atoms with Crippen molar-refractivity contribution < 1.29 is 9.53 Å². The van der Waals surface area contributed by atoms with Crippen molar-refractivity contribution in [2.75, 3.05) is 27.2 Å². The van der Waals surface area contributed by atoms with Gasteiger partial charge in [-0.1, -0.05) is 0 Å². The SMILES string of the molecule is COC(=O)[C@H]1CCN(C)CC[C@@H]1N. The largest absolute Gasteiger partial charge is 0.469 e. The molecule has 0 saturated carbocycles. The molecule has 0 radical (unpaired) electrons. The minimum Gasteiger partial charge on any atom is -0.469 e. The fourth-order valence-electron chi connectivity index (χ4n) is 1.70. The van der Waals surface area contributed by atoms with Gasteiger partial charge in [-0.2, -0.15) is 0 Å². The van der Waals surface area contributed by atoms with E-state index in [1.165, 1.54) is 7.11 Å². The van der Waals surface area contributed by atoms with Gasteiger partial charge in [0, 0.05) is 6.04 Å². The molecule has 4 heteroatoms. The number of ether oxygens (including phenoxy) is 1. The van der Waals surface area contributed by atoms with Crippen LogP contribution in [0.1, 0.15) is 12.8 Å². The maximum atomic E-state index is 11.3. The maximum Gasteiger partial charge on any atom is 0.310 e. The molecule has 0 amide bonds. The molecule has 2 N–H and O–H groups in total. The van der Waals surface area contributed by atoms with Crippen molar-refractivity contribution in [3.05, 3.63) is 0 Å². The second-order valence-corrected chi connectivity index (χ2v) is 3.67. The summed E-state index contributed by atoms with van der Waals surface area (Å²) in [6.45, 7) is 1.89. The summed E-state index contributed by atoms with van der Waals surface area (Å²) in [6.07, 6.45) is 1.68. The molecule has 1 fully saturated rings. The Balaban J connectivity index is 2.56. The third kappa shape index (κ3) is 2.67. The van der Waals surface area contributed by atoms with Gasteiger partial charge < -0.3 is 15.4 Å². The lowest BCUT2D eigenvalue weighted by atomic mass is 9.96. The predicted molar refractivity (Wildman–Crippen MR) is 50.2 cm³/mol. The first-order valence-electron chi connectivity index (χ1n) is 4.67. The minimum atomic E-state index is -0.164. The lowest BCUT2D eigenvalue weighted by Gasteiger charge is -2.17. The van der Waals surface area contributed by atoms with Crippen LogP contribution < -0.4 is 5.73 Å². The lowest BCUT2D eigenvalue weighted by Crippen LogP contribution is -2.36. The Labute approximate surface area is 79.0 Å². The van der Waals surface area contributed by atoms with Crippen LogP contribution in [0.4, 0.5) is 0 Å². The molecule has 0 unspecified atom stereocenters. The molecule has 1 heterocycles. The normalized spacial score (nSPS) is 31.0. The first kappa shape index (κ1) is 10.5. The number of carbonyl (C=O) groups is 1. The van der Waals surface area contributed by atoms with E-state index in [1.54, 1.807) is 0 Å².